The van der Waals surface area contributed by atoms with Crippen LogP contribution in [0.25, 0.3) is 0 Å². The zero-order valence-corrected chi connectivity index (χ0v) is 17.5. The number of amides is 3. The number of rotatable bonds is 3. The highest BCUT2D eigenvalue weighted by atomic mass is 35.5. The molecule has 0 bridgehead atoms. The minimum absolute atomic E-state index is 0.0802. The van der Waals surface area contributed by atoms with E-state index in [-0.39, 0.29) is 12.0 Å². The summed E-state index contributed by atoms with van der Waals surface area (Å²) in [6.45, 7) is 6.82. The van der Waals surface area contributed by atoms with Crippen molar-refractivity contribution in [3.8, 4) is 5.75 Å². The van der Waals surface area contributed by atoms with Crippen LogP contribution in [-0.2, 0) is 14.3 Å². The number of piperazine rings is 1. The Kier molecular flexibility index (Phi) is 6.97. The summed E-state index contributed by atoms with van der Waals surface area (Å²) < 4.78 is 11.0. The van der Waals surface area contributed by atoms with Gasteiger partial charge in [-0.25, -0.2) is 0 Å². The van der Waals surface area contributed by atoms with Gasteiger partial charge in [-0.2, -0.15) is 0 Å². The summed E-state index contributed by atoms with van der Waals surface area (Å²) in [4.78, 5) is 42.6. The van der Waals surface area contributed by atoms with Crippen molar-refractivity contribution in [3.05, 3.63) is 28.8 Å². The van der Waals surface area contributed by atoms with Crippen molar-refractivity contribution >= 4 is 29.3 Å². The molecule has 0 atom stereocenters. The van der Waals surface area contributed by atoms with Crippen molar-refractivity contribution in [1.29, 1.82) is 0 Å². The molecule has 1 aromatic rings. The van der Waals surface area contributed by atoms with Crippen LogP contribution < -0.4 is 4.74 Å². The molecule has 0 radical (unpaired) electrons. The summed E-state index contributed by atoms with van der Waals surface area (Å²) in [5.41, 5.74) is 0.398. The third kappa shape index (κ3) is 5.19. The Hall–Kier alpha value is -2.32. The number of halogens is 1. The molecule has 9 heteroatoms. The van der Waals surface area contributed by atoms with E-state index >= 15 is 0 Å². The van der Waals surface area contributed by atoms with Gasteiger partial charge in [0.2, 0.25) is 0 Å². The molecule has 158 valence electrons. The van der Waals surface area contributed by atoms with Gasteiger partial charge in [-0.3, -0.25) is 14.4 Å². The van der Waals surface area contributed by atoms with E-state index in [2.05, 4.69) is 0 Å². The average molecular weight is 424 g/mol. The van der Waals surface area contributed by atoms with Crippen LogP contribution in [0.3, 0.4) is 0 Å². The second-order valence-corrected chi connectivity index (χ2v) is 7.73. The first-order chi connectivity index (χ1) is 13.9. The van der Waals surface area contributed by atoms with E-state index in [1.165, 1.54) is 9.80 Å². The molecule has 2 aliphatic rings. The van der Waals surface area contributed by atoms with Gasteiger partial charge in [0, 0.05) is 44.3 Å². The summed E-state index contributed by atoms with van der Waals surface area (Å²) in [7, 11) is 0. The molecule has 1 aromatic carbocycles. The van der Waals surface area contributed by atoms with Crippen molar-refractivity contribution in [2.75, 3.05) is 52.5 Å². The van der Waals surface area contributed by atoms with E-state index in [9.17, 15) is 14.4 Å². The van der Waals surface area contributed by atoms with E-state index in [0.29, 0.717) is 68.8 Å². The van der Waals surface area contributed by atoms with E-state index in [1.807, 2.05) is 13.8 Å². The number of carbonyl (C=O) groups is 3. The molecule has 3 rings (SSSR count). The topological polar surface area (TPSA) is 79.4 Å². The molecule has 2 fully saturated rings. The molecular weight excluding hydrogens is 398 g/mol. The fourth-order valence-electron chi connectivity index (χ4n) is 3.35. The third-order valence-electron chi connectivity index (χ3n) is 4.87. The van der Waals surface area contributed by atoms with Crippen molar-refractivity contribution in [3.63, 3.8) is 0 Å². The standard InChI is InChI=1S/C20H26ClN3O5/c1-14(2)29-17-4-3-15(21)13-16(17)18(25)22-5-7-23(8-6-22)19(26)20(27)24-9-11-28-12-10-24/h3-4,13-14H,5-12H2,1-2H3. The lowest BCUT2D eigenvalue weighted by molar-refractivity contribution is -0.154. The van der Waals surface area contributed by atoms with Crippen LogP contribution >= 0.6 is 11.6 Å². The first kappa shape index (κ1) is 21.4. The molecule has 29 heavy (non-hydrogen) atoms. The van der Waals surface area contributed by atoms with Gasteiger partial charge < -0.3 is 24.2 Å². The monoisotopic (exact) mass is 423 g/mol. The predicted molar refractivity (Wildman–Crippen MR) is 107 cm³/mol. The number of hydrogen-bond donors (Lipinski definition) is 0. The lowest BCUT2D eigenvalue weighted by atomic mass is 10.1. The normalized spacial score (nSPS) is 17.4. The molecule has 0 aliphatic carbocycles. The van der Waals surface area contributed by atoms with Gasteiger partial charge in [0.05, 0.1) is 24.9 Å². The number of benzene rings is 1. The highest BCUT2D eigenvalue weighted by Crippen LogP contribution is 2.26. The van der Waals surface area contributed by atoms with Crippen LogP contribution in [-0.4, -0.2) is 91.0 Å². The minimum atomic E-state index is -0.523. The lowest BCUT2D eigenvalue weighted by Gasteiger charge is -2.36. The average Bonchev–Trinajstić information content (AvgIpc) is 2.74. The second kappa shape index (κ2) is 9.45. The van der Waals surface area contributed by atoms with E-state index in [4.69, 9.17) is 21.1 Å². The number of morpholine rings is 1. The van der Waals surface area contributed by atoms with Crippen LogP contribution in [0.2, 0.25) is 5.02 Å². The van der Waals surface area contributed by atoms with Crippen LogP contribution in [0, 0.1) is 0 Å². The molecule has 0 N–H and O–H groups in total. The van der Waals surface area contributed by atoms with Gasteiger partial charge in [0.15, 0.2) is 0 Å². The second-order valence-electron chi connectivity index (χ2n) is 7.30. The van der Waals surface area contributed by atoms with Crippen molar-refractivity contribution in [1.82, 2.24) is 14.7 Å². The zero-order chi connectivity index (χ0) is 21.0. The SMILES string of the molecule is CC(C)Oc1ccc(Cl)cc1C(=O)N1CCN(C(=O)C(=O)N2CCOCC2)CC1. The first-order valence-corrected chi connectivity index (χ1v) is 10.2. The van der Waals surface area contributed by atoms with Crippen molar-refractivity contribution in [2.24, 2.45) is 0 Å². The van der Waals surface area contributed by atoms with Crippen LogP contribution in [0.4, 0.5) is 0 Å². The fourth-order valence-corrected chi connectivity index (χ4v) is 3.52. The van der Waals surface area contributed by atoms with Gasteiger partial charge in [-0.1, -0.05) is 11.6 Å². The molecule has 0 saturated carbocycles. The molecule has 0 spiro atoms. The zero-order valence-electron chi connectivity index (χ0n) is 16.7. The van der Waals surface area contributed by atoms with Gasteiger partial charge in [-0.15, -0.1) is 0 Å². The van der Waals surface area contributed by atoms with Gasteiger partial charge in [0.25, 0.3) is 5.91 Å². The molecule has 2 saturated heterocycles. The smallest absolute Gasteiger partial charge is 0.312 e. The molecule has 0 aromatic heterocycles. The van der Waals surface area contributed by atoms with Gasteiger partial charge in [0.1, 0.15) is 5.75 Å². The molecule has 0 unspecified atom stereocenters. The Bertz CT molecular complexity index is 771. The number of nitrogens with zero attached hydrogens (tertiary/aromatic N) is 3. The van der Waals surface area contributed by atoms with Gasteiger partial charge in [-0.05, 0) is 32.0 Å². The van der Waals surface area contributed by atoms with Gasteiger partial charge >= 0.3 is 11.8 Å². The first-order valence-electron chi connectivity index (χ1n) is 9.78. The number of carbonyl (C=O) groups excluding carboxylic acids is 3. The predicted octanol–water partition coefficient (Wildman–Crippen LogP) is 1.27. The Labute approximate surface area is 175 Å². The largest absolute Gasteiger partial charge is 0.490 e. The maximum atomic E-state index is 13.0. The van der Waals surface area contributed by atoms with Crippen LogP contribution in [0.5, 0.6) is 5.75 Å². The summed E-state index contributed by atoms with van der Waals surface area (Å²) in [5, 5.41) is 0.453. The summed E-state index contributed by atoms with van der Waals surface area (Å²) in [5.74, 6) is -0.744. The number of ether oxygens (including phenoxy) is 2. The van der Waals surface area contributed by atoms with E-state index in [0.717, 1.165) is 0 Å². The summed E-state index contributed by atoms with van der Waals surface area (Å²) in [6, 6.07) is 4.97. The van der Waals surface area contributed by atoms with E-state index in [1.54, 1.807) is 23.1 Å². The summed E-state index contributed by atoms with van der Waals surface area (Å²) >= 11 is 6.08. The van der Waals surface area contributed by atoms with Crippen LogP contribution in [0.1, 0.15) is 24.2 Å². The molecule has 3 amide bonds. The van der Waals surface area contributed by atoms with E-state index < -0.39 is 11.8 Å². The van der Waals surface area contributed by atoms with Crippen molar-refractivity contribution < 1.29 is 23.9 Å². The molecular formula is C20H26ClN3O5. The Morgan fingerprint density at radius 3 is 2.07 bits per heavy atom. The molecule has 2 aliphatic heterocycles. The Balaban J connectivity index is 1.62. The Morgan fingerprint density at radius 1 is 0.931 bits per heavy atom. The maximum Gasteiger partial charge on any atom is 0.312 e. The highest BCUT2D eigenvalue weighted by Gasteiger charge is 2.32. The third-order valence-corrected chi connectivity index (χ3v) is 5.11. The summed E-state index contributed by atoms with van der Waals surface area (Å²) in [6.07, 6.45) is -0.0802. The quantitative estimate of drug-likeness (QED) is 0.684. The number of hydrogen-bond acceptors (Lipinski definition) is 5. The highest BCUT2D eigenvalue weighted by molar-refractivity contribution is 6.35. The molecule has 2 heterocycles. The lowest BCUT2D eigenvalue weighted by Crippen LogP contribution is -2.55. The Morgan fingerprint density at radius 2 is 1.48 bits per heavy atom. The minimum Gasteiger partial charge on any atom is -0.490 e. The van der Waals surface area contributed by atoms with Crippen LogP contribution in [0.15, 0.2) is 18.2 Å². The van der Waals surface area contributed by atoms with Crippen molar-refractivity contribution in [2.45, 2.75) is 20.0 Å². The maximum absolute atomic E-state index is 13.0. The molecule has 8 nitrogen and oxygen atoms in total. The fraction of sp³-hybridized carbons (Fsp3) is 0.550.